The molecule has 0 radical (unpaired) electrons. The van der Waals surface area contributed by atoms with E-state index in [0.29, 0.717) is 12.8 Å². The van der Waals surface area contributed by atoms with Crippen molar-refractivity contribution in [2.24, 2.45) is 17.4 Å². The molecule has 0 bridgehead atoms. The Morgan fingerprint density at radius 3 is 2.31 bits per heavy atom. The van der Waals surface area contributed by atoms with Gasteiger partial charge in [0.2, 0.25) is 23.6 Å². The number of nitrogens with zero attached hydrogens (tertiary/aromatic N) is 1. The second-order valence-corrected chi connectivity index (χ2v) is 7.55. The maximum absolute atomic E-state index is 12.9. The van der Waals surface area contributed by atoms with Crippen molar-refractivity contribution in [2.45, 2.75) is 64.1 Å². The zero-order valence-electron chi connectivity index (χ0n) is 16.8. The Morgan fingerprint density at radius 1 is 1.14 bits per heavy atom. The maximum atomic E-state index is 12.9. The van der Waals surface area contributed by atoms with Gasteiger partial charge in [-0.05, 0) is 31.6 Å². The number of hydrogen-bond donors (Lipinski definition) is 5. The van der Waals surface area contributed by atoms with Gasteiger partial charge in [-0.3, -0.25) is 19.2 Å². The molecule has 0 saturated carbocycles. The second-order valence-electron chi connectivity index (χ2n) is 7.55. The molecule has 0 spiro atoms. The van der Waals surface area contributed by atoms with E-state index in [1.54, 1.807) is 0 Å². The fraction of sp³-hybridized carbons (Fsp3) is 0.722. The van der Waals surface area contributed by atoms with Gasteiger partial charge in [-0.25, -0.2) is 4.79 Å². The topological polar surface area (TPSA) is 185 Å². The van der Waals surface area contributed by atoms with E-state index >= 15 is 0 Å². The third-order valence-electron chi connectivity index (χ3n) is 4.66. The summed E-state index contributed by atoms with van der Waals surface area (Å²) in [6.45, 7) is 3.64. The van der Waals surface area contributed by atoms with Crippen molar-refractivity contribution >= 4 is 29.6 Å². The number of carbonyl (C=O) groups excluding carboxylic acids is 4. The first-order valence-electron chi connectivity index (χ1n) is 9.68. The molecule has 11 heteroatoms. The van der Waals surface area contributed by atoms with Gasteiger partial charge in [-0.15, -0.1) is 0 Å². The normalized spacial score (nSPS) is 18.2. The van der Waals surface area contributed by atoms with Gasteiger partial charge in [0.1, 0.15) is 18.1 Å². The minimum atomic E-state index is -1.14. The van der Waals surface area contributed by atoms with E-state index in [0.717, 1.165) is 0 Å². The molecule has 1 rings (SSSR count). The van der Waals surface area contributed by atoms with Gasteiger partial charge in [0, 0.05) is 13.0 Å². The first kappa shape index (κ1) is 24.3. The molecule has 0 aromatic heterocycles. The summed E-state index contributed by atoms with van der Waals surface area (Å²) in [5, 5.41) is 14.3. The molecule has 1 aliphatic heterocycles. The molecule has 0 aromatic carbocycles. The van der Waals surface area contributed by atoms with Crippen LogP contribution in [0, 0.1) is 5.92 Å². The fourth-order valence-electron chi connectivity index (χ4n) is 3.26. The summed E-state index contributed by atoms with van der Waals surface area (Å²) < 4.78 is 0. The molecule has 164 valence electrons. The van der Waals surface area contributed by atoms with E-state index < -0.39 is 47.7 Å². The maximum Gasteiger partial charge on any atom is 0.326 e. The lowest BCUT2D eigenvalue weighted by Crippen LogP contribution is -2.56. The first-order chi connectivity index (χ1) is 13.6. The molecule has 1 saturated heterocycles. The van der Waals surface area contributed by atoms with E-state index in [4.69, 9.17) is 11.5 Å². The van der Waals surface area contributed by atoms with Crippen molar-refractivity contribution in [3.05, 3.63) is 0 Å². The third-order valence-corrected chi connectivity index (χ3v) is 4.66. The molecule has 29 heavy (non-hydrogen) atoms. The van der Waals surface area contributed by atoms with Gasteiger partial charge in [-0.1, -0.05) is 13.8 Å². The third kappa shape index (κ3) is 7.68. The lowest BCUT2D eigenvalue weighted by molar-refractivity contribution is -0.145. The van der Waals surface area contributed by atoms with Gasteiger partial charge in [-0.2, -0.15) is 0 Å². The van der Waals surface area contributed by atoms with Crippen molar-refractivity contribution in [3.63, 3.8) is 0 Å². The van der Waals surface area contributed by atoms with E-state index in [1.807, 2.05) is 13.8 Å². The zero-order valence-corrected chi connectivity index (χ0v) is 16.8. The van der Waals surface area contributed by atoms with Crippen LogP contribution >= 0.6 is 0 Å². The highest BCUT2D eigenvalue weighted by atomic mass is 16.4. The van der Waals surface area contributed by atoms with Crippen molar-refractivity contribution in [3.8, 4) is 0 Å². The Balaban J connectivity index is 2.90. The van der Waals surface area contributed by atoms with Crippen LogP contribution in [0.4, 0.5) is 0 Å². The van der Waals surface area contributed by atoms with Crippen LogP contribution in [0.25, 0.3) is 0 Å². The number of nitrogens with one attached hydrogen (secondary N) is 2. The van der Waals surface area contributed by atoms with Crippen LogP contribution in [-0.2, 0) is 24.0 Å². The summed E-state index contributed by atoms with van der Waals surface area (Å²) in [6, 6.07) is -2.94. The van der Waals surface area contributed by atoms with E-state index in [1.165, 1.54) is 4.90 Å². The number of carbonyl (C=O) groups is 5. The number of primary amides is 1. The molecule has 7 N–H and O–H groups in total. The van der Waals surface area contributed by atoms with Crippen molar-refractivity contribution in [1.82, 2.24) is 15.5 Å². The number of rotatable bonds is 11. The summed E-state index contributed by atoms with van der Waals surface area (Å²) >= 11 is 0. The van der Waals surface area contributed by atoms with E-state index in [-0.39, 0.29) is 38.3 Å². The van der Waals surface area contributed by atoms with Gasteiger partial charge in [0.05, 0.1) is 6.54 Å². The van der Waals surface area contributed by atoms with Crippen molar-refractivity contribution in [1.29, 1.82) is 0 Å². The van der Waals surface area contributed by atoms with Gasteiger partial charge >= 0.3 is 5.97 Å². The number of aliphatic carboxylic acids is 1. The lowest BCUT2D eigenvalue weighted by Gasteiger charge is -2.29. The van der Waals surface area contributed by atoms with Crippen LogP contribution in [0.15, 0.2) is 0 Å². The molecule has 0 aromatic rings. The molecule has 3 unspecified atom stereocenters. The number of likely N-dealkylation sites (tertiary alicyclic amines) is 1. The second kappa shape index (κ2) is 11.3. The molecule has 3 atom stereocenters. The predicted molar refractivity (Wildman–Crippen MR) is 103 cm³/mol. The van der Waals surface area contributed by atoms with Crippen molar-refractivity contribution in [2.75, 3.05) is 13.1 Å². The SMILES string of the molecule is CC(C)CC(NC(=O)C1CCCN1C(=O)C(CCC(N)=O)NC(=O)CN)C(=O)O. The summed E-state index contributed by atoms with van der Waals surface area (Å²) in [7, 11) is 0. The Morgan fingerprint density at radius 2 is 1.79 bits per heavy atom. The summed E-state index contributed by atoms with van der Waals surface area (Å²) in [4.78, 5) is 61.1. The standard InChI is InChI=1S/C18H31N5O6/c1-10(2)8-12(18(28)29)22-16(26)13-4-3-7-23(13)17(27)11(5-6-14(20)24)21-15(25)9-19/h10-13H,3-9,19H2,1-2H3,(H2,20,24)(H,21,25)(H,22,26)(H,28,29). The quantitative estimate of drug-likeness (QED) is 0.267. The first-order valence-corrected chi connectivity index (χ1v) is 9.68. The molecule has 1 aliphatic rings. The Hall–Kier alpha value is -2.69. The zero-order chi connectivity index (χ0) is 22.1. The summed E-state index contributed by atoms with van der Waals surface area (Å²) in [6.07, 6.45) is 1.05. The molecule has 11 nitrogen and oxygen atoms in total. The fourth-order valence-corrected chi connectivity index (χ4v) is 3.26. The van der Waals surface area contributed by atoms with Crippen LogP contribution in [0.2, 0.25) is 0 Å². The van der Waals surface area contributed by atoms with Crippen LogP contribution in [0.5, 0.6) is 0 Å². The van der Waals surface area contributed by atoms with E-state index in [2.05, 4.69) is 10.6 Å². The molecule has 0 aliphatic carbocycles. The van der Waals surface area contributed by atoms with Crippen LogP contribution in [0.3, 0.4) is 0 Å². The van der Waals surface area contributed by atoms with Crippen molar-refractivity contribution < 1.29 is 29.1 Å². The van der Waals surface area contributed by atoms with Gasteiger partial charge < -0.3 is 32.1 Å². The summed E-state index contributed by atoms with van der Waals surface area (Å²) in [5.74, 6) is -3.36. The molecule has 1 fully saturated rings. The Labute approximate surface area is 169 Å². The molecular formula is C18H31N5O6. The smallest absolute Gasteiger partial charge is 0.326 e. The Bertz CT molecular complexity index is 638. The molecule has 4 amide bonds. The summed E-state index contributed by atoms with van der Waals surface area (Å²) in [5.41, 5.74) is 10.4. The minimum Gasteiger partial charge on any atom is -0.480 e. The highest BCUT2D eigenvalue weighted by molar-refractivity contribution is 5.94. The lowest BCUT2D eigenvalue weighted by atomic mass is 10.0. The van der Waals surface area contributed by atoms with Crippen LogP contribution in [0.1, 0.15) is 46.0 Å². The predicted octanol–water partition coefficient (Wildman–Crippen LogP) is -1.70. The molecular weight excluding hydrogens is 382 g/mol. The average Bonchev–Trinajstić information content (AvgIpc) is 3.12. The Kier molecular flexibility index (Phi) is 9.53. The number of amides is 4. The van der Waals surface area contributed by atoms with Gasteiger partial charge in [0.25, 0.3) is 0 Å². The average molecular weight is 413 g/mol. The number of carboxylic acid groups (broad SMARTS) is 1. The van der Waals surface area contributed by atoms with Crippen LogP contribution < -0.4 is 22.1 Å². The minimum absolute atomic E-state index is 0.0180. The van der Waals surface area contributed by atoms with Gasteiger partial charge in [0.15, 0.2) is 0 Å². The number of nitrogens with two attached hydrogens (primary N) is 2. The van der Waals surface area contributed by atoms with Crippen LogP contribution in [-0.4, -0.2) is 70.8 Å². The highest BCUT2D eigenvalue weighted by Crippen LogP contribution is 2.20. The monoisotopic (exact) mass is 413 g/mol. The highest BCUT2D eigenvalue weighted by Gasteiger charge is 2.38. The largest absolute Gasteiger partial charge is 0.480 e. The van der Waals surface area contributed by atoms with E-state index in [9.17, 15) is 29.1 Å². The number of carboxylic acids is 1. The molecule has 1 heterocycles. The number of hydrogen-bond acceptors (Lipinski definition) is 6.